The maximum Gasteiger partial charge on any atom is 0.218 e. The van der Waals surface area contributed by atoms with Gasteiger partial charge < -0.3 is 14.6 Å². The first-order valence-corrected chi connectivity index (χ1v) is 7.10. The Kier molecular flexibility index (Phi) is 3.55. The van der Waals surface area contributed by atoms with Crippen LogP contribution in [0.1, 0.15) is 35.4 Å². The van der Waals surface area contributed by atoms with E-state index in [-0.39, 0.29) is 6.10 Å². The van der Waals surface area contributed by atoms with E-state index in [0.29, 0.717) is 23.1 Å². The second kappa shape index (κ2) is 5.24. The molecule has 0 bridgehead atoms. The highest BCUT2D eigenvalue weighted by atomic mass is 35.5. The molecule has 0 spiro atoms. The average Bonchev–Trinajstić information content (AvgIpc) is 2.73. The third kappa shape index (κ3) is 2.36. The molecule has 0 radical (unpaired) electrons. The van der Waals surface area contributed by atoms with E-state index in [1.165, 1.54) is 0 Å². The minimum atomic E-state index is -0.623. The molecule has 0 saturated heterocycles. The molecule has 6 heteroatoms. The highest BCUT2D eigenvalue weighted by Crippen LogP contribution is 2.44. The third-order valence-electron chi connectivity index (χ3n) is 3.77. The van der Waals surface area contributed by atoms with Crippen LogP contribution in [0.25, 0.3) is 0 Å². The molecule has 1 unspecified atom stereocenters. The van der Waals surface area contributed by atoms with Crippen LogP contribution >= 0.6 is 11.6 Å². The zero-order chi connectivity index (χ0) is 15.1. The molecule has 1 aromatic carbocycles. The molecule has 5 nitrogen and oxygen atoms in total. The summed E-state index contributed by atoms with van der Waals surface area (Å²) in [6, 6.07) is 5.28. The van der Waals surface area contributed by atoms with Crippen LogP contribution in [0.4, 0.5) is 0 Å². The van der Waals surface area contributed by atoms with Gasteiger partial charge in [-0.05, 0) is 25.1 Å². The van der Waals surface area contributed by atoms with Crippen LogP contribution in [-0.4, -0.2) is 22.0 Å². The molecule has 21 heavy (non-hydrogen) atoms. The van der Waals surface area contributed by atoms with Crippen LogP contribution < -0.4 is 9.47 Å². The Morgan fingerprint density at radius 2 is 2.24 bits per heavy atom. The van der Waals surface area contributed by atoms with Crippen LogP contribution in [0.2, 0.25) is 5.02 Å². The zero-order valence-corrected chi connectivity index (χ0v) is 12.9. The van der Waals surface area contributed by atoms with E-state index in [2.05, 4.69) is 5.10 Å². The molecule has 0 saturated carbocycles. The van der Waals surface area contributed by atoms with Gasteiger partial charge in [0.25, 0.3) is 0 Å². The summed E-state index contributed by atoms with van der Waals surface area (Å²) in [6.07, 6.45) is -0.477. The molecule has 112 valence electrons. The van der Waals surface area contributed by atoms with Gasteiger partial charge in [0.2, 0.25) is 5.88 Å². The van der Waals surface area contributed by atoms with Crippen molar-refractivity contribution < 1.29 is 14.6 Å². The van der Waals surface area contributed by atoms with Gasteiger partial charge in [0.15, 0.2) is 0 Å². The normalized spacial score (nSPS) is 20.8. The summed E-state index contributed by atoms with van der Waals surface area (Å²) < 4.78 is 13.1. The van der Waals surface area contributed by atoms with Gasteiger partial charge >= 0.3 is 0 Å². The lowest BCUT2D eigenvalue weighted by Crippen LogP contribution is -2.20. The Morgan fingerprint density at radius 1 is 1.48 bits per heavy atom. The Labute approximate surface area is 128 Å². The van der Waals surface area contributed by atoms with E-state index in [4.69, 9.17) is 21.1 Å². The number of halogens is 1. The molecule has 1 aromatic heterocycles. The number of nitrogens with zero attached hydrogens (tertiary/aromatic N) is 2. The van der Waals surface area contributed by atoms with Crippen molar-refractivity contribution in [3.8, 4) is 11.6 Å². The summed E-state index contributed by atoms with van der Waals surface area (Å²) >= 11 is 5.97. The minimum absolute atomic E-state index is 0.294. The summed E-state index contributed by atoms with van der Waals surface area (Å²) in [5.74, 6) is 1.30. The number of aromatic nitrogens is 2. The highest BCUT2D eigenvalue weighted by Gasteiger charge is 2.33. The van der Waals surface area contributed by atoms with Crippen molar-refractivity contribution in [1.82, 2.24) is 9.78 Å². The van der Waals surface area contributed by atoms with Crippen LogP contribution in [0.5, 0.6) is 11.6 Å². The van der Waals surface area contributed by atoms with E-state index in [1.807, 2.05) is 14.0 Å². The third-order valence-corrected chi connectivity index (χ3v) is 4.00. The van der Waals surface area contributed by atoms with Crippen molar-refractivity contribution in [3.63, 3.8) is 0 Å². The quantitative estimate of drug-likeness (QED) is 0.926. The van der Waals surface area contributed by atoms with Crippen molar-refractivity contribution >= 4 is 11.6 Å². The maximum atomic E-state index is 10.4. The van der Waals surface area contributed by atoms with E-state index in [0.717, 1.165) is 16.8 Å². The van der Waals surface area contributed by atoms with Gasteiger partial charge in [-0.2, -0.15) is 5.10 Å². The van der Waals surface area contributed by atoms with Gasteiger partial charge in [-0.1, -0.05) is 11.6 Å². The summed E-state index contributed by atoms with van der Waals surface area (Å²) in [7, 11) is 3.43. The van der Waals surface area contributed by atoms with Crippen molar-refractivity contribution in [3.05, 3.63) is 40.0 Å². The lowest BCUT2D eigenvalue weighted by molar-refractivity contribution is 0.0641. The molecule has 1 N–H and O–H groups in total. The van der Waals surface area contributed by atoms with Crippen molar-refractivity contribution in [2.75, 3.05) is 7.11 Å². The molecular formula is C15H17ClN2O3. The van der Waals surface area contributed by atoms with Gasteiger partial charge in [0.05, 0.1) is 24.5 Å². The molecule has 0 aliphatic carbocycles. The van der Waals surface area contributed by atoms with E-state index < -0.39 is 6.10 Å². The molecule has 1 aliphatic rings. The van der Waals surface area contributed by atoms with Crippen LogP contribution in [-0.2, 0) is 7.05 Å². The maximum absolute atomic E-state index is 10.4. The van der Waals surface area contributed by atoms with E-state index >= 15 is 0 Å². The predicted molar refractivity (Wildman–Crippen MR) is 78.9 cm³/mol. The van der Waals surface area contributed by atoms with E-state index in [9.17, 15) is 5.11 Å². The Bertz CT molecular complexity index is 684. The highest BCUT2D eigenvalue weighted by molar-refractivity contribution is 6.30. The van der Waals surface area contributed by atoms with Crippen LogP contribution in [0.15, 0.2) is 18.2 Å². The van der Waals surface area contributed by atoms with Crippen molar-refractivity contribution in [2.24, 2.45) is 7.05 Å². The second-order valence-electron chi connectivity index (χ2n) is 5.17. The molecule has 3 rings (SSSR count). The summed E-state index contributed by atoms with van der Waals surface area (Å²) in [5.41, 5.74) is 2.43. The minimum Gasteiger partial charge on any atom is -0.485 e. The molecule has 2 aromatic rings. The smallest absolute Gasteiger partial charge is 0.218 e. The largest absolute Gasteiger partial charge is 0.485 e. The lowest BCUT2D eigenvalue weighted by atomic mass is 9.95. The van der Waals surface area contributed by atoms with Gasteiger partial charge in [0.1, 0.15) is 11.9 Å². The molecule has 1 aliphatic heterocycles. The number of fused-ring (bicyclic) bond motifs is 1. The number of rotatable bonds is 2. The number of methoxy groups -OCH3 is 1. The summed E-state index contributed by atoms with van der Waals surface area (Å²) in [6.45, 7) is 1.91. The number of ether oxygens (including phenoxy) is 2. The second-order valence-corrected chi connectivity index (χ2v) is 5.61. The first kappa shape index (κ1) is 14.2. The number of aliphatic hydroxyl groups excluding tert-OH is 1. The summed E-state index contributed by atoms with van der Waals surface area (Å²) in [4.78, 5) is 0. The lowest BCUT2D eigenvalue weighted by Gasteiger charge is -2.30. The van der Waals surface area contributed by atoms with Gasteiger partial charge in [-0.15, -0.1) is 0 Å². The molecule has 0 fully saturated rings. The fraction of sp³-hybridized carbons (Fsp3) is 0.400. The monoisotopic (exact) mass is 308 g/mol. The molecule has 0 amide bonds. The Hall–Kier alpha value is -1.72. The fourth-order valence-corrected chi connectivity index (χ4v) is 3.04. The molecule has 2 atom stereocenters. The van der Waals surface area contributed by atoms with Gasteiger partial charge in [-0.25, -0.2) is 4.68 Å². The Balaban J connectivity index is 2.02. The first-order chi connectivity index (χ1) is 10.0. The van der Waals surface area contributed by atoms with Crippen LogP contribution in [0, 0.1) is 6.92 Å². The van der Waals surface area contributed by atoms with Crippen molar-refractivity contribution in [2.45, 2.75) is 25.6 Å². The zero-order valence-electron chi connectivity index (χ0n) is 12.1. The Morgan fingerprint density at radius 3 is 2.95 bits per heavy atom. The first-order valence-electron chi connectivity index (χ1n) is 6.73. The fourth-order valence-electron chi connectivity index (χ4n) is 2.86. The number of benzene rings is 1. The number of hydrogen-bond acceptors (Lipinski definition) is 4. The van der Waals surface area contributed by atoms with E-state index in [1.54, 1.807) is 30.0 Å². The molecular weight excluding hydrogens is 292 g/mol. The SMILES string of the molecule is COc1c(C2C[C@@H](O)c3cc(Cl)ccc3O2)c(C)nn1C. The number of hydrogen-bond donors (Lipinski definition) is 1. The van der Waals surface area contributed by atoms with Gasteiger partial charge in [-0.3, -0.25) is 0 Å². The van der Waals surface area contributed by atoms with Crippen molar-refractivity contribution in [1.29, 1.82) is 0 Å². The van der Waals surface area contributed by atoms with Gasteiger partial charge in [0, 0.05) is 24.1 Å². The van der Waals surface area contributed by atoms with Crippen LogP contribution in [0.3, 0.4) is 0 Å². The summed E-state index contributed by atoms with van der Waals surface area (Å²) in [5, 5.41) is 15.3. The average molecular weight is 309 g/mol. The number of aliphatic hydroxyl groups is 1. The number of aryl methyl sites for hydroxylation is 2. The molecule has 2 heterocycles. The standard InChI is InChI=1S/C15H17ClN2O3/c1-8-14(15(20-3)18(2)17-8)13-7-11(19)10-6-9(16)4-5-12(10)21-13/h4-6,11,13,19H,7H2,1-3H3/t11-,13?/m1/s1. The topological polar surface area (TPSA) is 56.5 Å². The predicted octanol–water partition coefficient (Wildman–Crippen LogP) is 2.95.